The minimum Gasteiger partial charge on any atom is -0.457 e. The van der Waals surface area contributed by atoms with Gasteiger partial charge in [-0.3, -0.25) is 14.6 Å². The molecule has 4 N–H and O–H groups in total. The molecule has 0 aliphatic heterocycles. The SMILES string of the molecule is NC(=O)c1cc(Oc2ccc(NC(=S)NC(=O)Cc3ccccc3)c(F)c2)ccn1. The zero-order valence-electron chi connectivity index (χ0n) is 15.6. The third-order valence-electron chi connectivity index (χ3n) is 3.87. The summed E-state index contributed by atoms with van der Waals surface area (Å²) in [5.74, 6) is -1.19. The molecule has 7 nitrogen and oxygen atoms in total. The van der Waals surface area contributed by atoms with Crippen molar-refractivity contribution in [3.8, 4) is 11.5 Å². The number of nitrogens with two attached hydrogens (primary N) is 1. The van der Waals surface area contributed by atoms with Gasteiger partial charge in [0.1, 0.15) is 23.0 Å². The molecule has 2 amide bonds. The quantitative estimate of drug-likeness (QED) is 0.525. The van der Waals surface area contributed by atoms with E-state index in [2.05, 4.69) is 15.6 Å². The number of carbonyl (C=O) groups excluding carboxylic acids is 2. The predicted molar refractivity (Wildman–Crippen MR) is 114 cm³/mol. The first-order valence-corrected chi connectivity index (χ1v) is 9.19. The van der Waals surface area contributed by atoms with Crippen molar-refractivity contribution in [2.75, 3.05) is 5.32 Å². The van der Waals surface area contributed by atoms with Gasteiger partial charge in [-0.2, -0.15) is 0 Å². The topological polar surface area (TPSA) is 106 Å². The Morgan fingerprint density at radius 3 is 2.50 bits per heavy atom. The fourth-order valence-electron chi connectivity index (χ4n) is 2.51. The van der Waals surface area contributed by atoms with E-state index in [4.69, 9.17) is 22.7 Å². The summed E-state index contributed by atoms with van der Waals surface area (Å²) < 4.78 is 19.9. The molecule has 1 heterocycles. The minimum atomic E-state index is -0.700. The number of nitrogens with zero attached hydrogens (tertiary/aromatic N) is 1. The number of ether oxygens (including phenoxy) is 1. The van der Waals surface area contributed by atoms with Gasteiger partial charge in [0, 0.05) is 18.3 Å². The fraction of sp³-hybridized carbons (Fsp3) is 0.0476. The predicted octanol–water partition coefficient (Wildman–Crippen LogP) is 3.17. The van der Waals surface area contributed by atoms with Gasteiger partial charge in [0.05, 0.1) is 12.1 Å². The lowest BCUT2D eigenvalue weighted by Gasteiger charge is -2.12. The Morgan fingerprint density at radius 1 is 1.07 bits per heavy atom. The normalized spacial score (nSPS) is 10.2. The van der Waals surface area contributed by atoms with Crippen LogP contribution in [-0.4, -0.2) is 21.9 Å². The van der Waals surface area contributed by atoms with Crippen LogP contribution in [-0.2, 0) is 11.2 Å². The molecule has 0 saturated heterocycles. The lowest BCUT2D eigenvalue weighted by molar-refractivity contribution is -0.119. The number of pyridine rings is 1. The highest BCUT2D eigenvalue weighted by Crippen LogP contribution is 2.25. The van der Waals surface area contributed by atoms with Crippen LogP contribution in [0.2, 0.25) is 0 Å². The second-order valence-corrected chi connectivity index (χ2v) is 6.56. The van der Waals surface area contributed by atoms with Gasteiger partial charge >= 0.3 is 0 Å². The Balaban J connectivity index is 1.59. The molecule has 2 aromatic carbocycles. The van der Waals surface area contributed by atoms with Crippen LogP contribution >= 0.6 is 12.2 Å². The van der Waals surface area contributed by atoms with Gasteiger partial charge < -0.3 is 21.1 Å². The molecule has 3 aromatic rings. The summed E-state index contributed by atoms with van der Waals surface area (Å²) in [6, 6.07) is 16.1. The van der Waals surface area contributed by atoms with Gasteiger partial charge in [0.25, 0.3) is 5.91 Å². The zero-order chi connectivity index (χ0) is 21.5. The van der Waals surface area contributed by atoms with E-state index in [1.807, 2.05) is 30.3 Å². The first-order valence-electron chi connectivity index (χ1n) is 8.79. The molecule has 0 bridgehead atoms. The summed E-state index contributed by atoms with van der Waals surface area (Å²) in [4.78, 5) is 27.0. The molecule has 0 unspecified atom stereocenters. The van der Waals surface area contributed by atoms with Crippen molar-refractivity contribution >= 4 is 34.8 Å². The van der Waals surface area contributed by atoms with Gasteiger partial charge in [-0.25, -0.2) is 4.39 Å². The average Bonchev–Trinajstić information content (AvgIpc) is 2.71. The van der Waals surface area contributed by atoms with Crippen molar-refractivity contribution in [3.05, 3.63) is 83.9 Å². The second-order valence-electron chi connectivity index (χ2n) is 6.15. The summed E-state index contributed by atoms with van der Waals surface area (Å²) in [6.07, 6.45) is 1.51. The van der Waals surface area contributed by atoms with E-state index in [-0.39, 0.29) is 40.3 Å². The molecule has 152 valence electrons. The lowest BCUT2D eigenvalue weighted by Crippen LogP contribution is -2.35. The maximum atomic E-state index is 14.4. The summed E-state index contributed by atoms with van der Waals surface area (Å²) in [5, 5.41) is 5.12. The van der Waals surface area contributed by atoms with Gasteiger partial charge in [0.2, 0.25) is 5.91 Å². The smallest absolute Gasteiger partial charge is 0.267 e. The van der Waals surface area contributed by atoms with E-state index in [1.165, 1.54) is 30.5 Å². The van der Waals surface area contributed by atoms with Crippen LogP contribution in [0.3, 0.4) is 0 Å². The summed E-state index contributed by atoms with van der Waals surface area (Å²) >= 11 is 5.07. The van der Waals surface area contributed by atoms with E-state index in [0.29, 0.717) is 0 Å². The van der Waals surface area contributed by atoms with E-state index in [1.54, 1.807) is 0 Å². The summed E-state index contributed by atoms with van der Waals surface area (Å²) in [7, 11) is 0. The molecule has 30 heavy (non-hydrogen) atoms. The Kier molecular flexibility index (Phi) is 6.66. The standard InChI is InChI=1S/C21H17FN4O3S/c22-16-11-14(29-15-8-9-24-18(12-15)20(23)28)6-7-17(16)25-21(30)26-19(27)10-13-4-2-1-3-5-13/h1-9,11-12H,10H2,(H2,23,28)(H2,25,26,27,30). The number of benzene rings is 2. The molecule has 0 saturated carbocycles. The van der Waals surface area contributed by atoms with E-state index in [9.17, 15) is 14.0 Å². The third kappa shape index (κ3) is 5.82. The van der Waals surface area contributed by atoms with Gasteiger partial charge in [-0.1, -0.05) is 30.3 Å². The summed E-state index contributed by atoms with van der Waals surface area (Å²) in [6.45, 7) is 0. The van der Waals surface area contributed by atoms with Crippen molar-refractivity contribution in [1.29, 1.82) is 0 Å². The van der Waals surface area contributed by atoms with Crippen LogP contribution in [0.1, 0.15) is 16.1 Å². The number of carbonyl (C=O) groups is 2. The number of aromatic nitrogens is 1. The maximum Gasteiger partial charge on any atom is 0.267 e. The second kappa shape index (κ2) is 9.57. The molecular formula is C21H17FN4O3S. The van der Waals surface area contributed by atoms with Crippen LogP contribution in [0.25, 0.3) is 0 Å². The van der Waals surface area contributed by atoms with E-state index in [0.717, 1.165) is 11.6 Å². The van der Waals surface area contributed by atoms with Crippen LogP contribution < -0.4 is 21.1 Å². The van der Waals surface area contributed by atoms with E-state index >= 15 is 0 Å². The molecule has 0 atom stereocenters. The molecule has 0 aliphatic rings. The Labute approximate surface area is 177 Å². The largest absolute Gasteiger partial charge is 0.457 e. The number of thiocarbonyl (C=S) groups is 1. The Bertz CT molecular complexity index is 1090. The van der Waals surface area contributed by atoms with Crippen LogP contribution in [0.5, 0.6) is 11.5 Å². The van der Waals surface area contributed by atoms with Crippen molar-refractivity contribution < 1.29 is 18.7 Å². The molecule has 9 heteroatoms. The first-order chi connectivity index (χ1) is 14.4. The van der Waals surface area contributed by atoms with Gasteiger partial charge in [-0.15, -0.1) is 0 Å². The molecule has 1 aromatic heterocycles. The Hall–Kier alpha value is -3.85. The number of hydrogen-bond acceptors (Lipinski definition) is 5. The highest BCUT2D eigenvalue weighted by Gasteiger charge is 2.11. The van der Waals surface area contributed by atoms with Crippen molar-refractivity contribution in [2.45, 2.75) is 6.42 Å². The van der Waals surface area contributed by atoms with Crippen molar-refractivity contribution in [1.82, 2.24) is 10.3 Å². The lowest BCUT2D eigenvalue weighted by atomic mass is 10.1. The maximum absolute atomic E-state index is 14.4. The average molecular weight is 424 g/mol. The summed E-state index contributed by atoms with van der Waals surface area (Å²) in [5.41, 5.74) is 6.11. The first kappa shape index (κ1) is 20.9. The van der Waals surface area contributed by atoms with Crippen molar-refractivity contribution in [2.24, 2.45) is 5.73 Å². The van der Waals surface area contributed by atoms with Crippen LogP contribution in [0.15, 0.2) is 66.9 Å². The van der Waals surface area contributed by atoms with Gasteiger partial charge in [0.15, 0.2) is 5.11 Å². The third-order valence-corrected chi connectivity index (χ3v) is 4.07. The number of nitrogens with one attached hydrogen (secondary N) is 2. The number of primary amides is 1. The zero-order valence-corrected chi connectivity index (χ0v) is 16.4. The number of halogens is 1. The monoisotopic (exact) mass is 424 g/mol. The highest BCUT2D eigenvalue weighted by molar-refractivity contribution is 7.80. The number of rotatable bonds is 6. The van der Waals surface area contributed by atoms with Gasteiger partial charge in [-0.05, 0) is 36.0 Å². The fourth-order valence-corrected chi connectivity index (χ4v) is 2.74. The minimum absolute atomic E-state index is 0.0243. The number of amides is 2. The molecular weight excluding hydrogens is 407 g/mol. The molecule has 0 spiro atoms. The molecule has 3 rings (SSSR count). The van der Waals surface area contributed by atoms with Crippen LogP contribution in [0.4, 0.5) is 10.1 Å². The van der Waals surface area contributed by atoms with Crippen LogP contribution in [0, 0.1) is 5.82 Å². The Morgan fingerprint density at radius 2 is 1.80 bits per heavy atom. The molecule has 0 aliphatic carbocycles. The van der Waals surface area contributed by atoms with E-state index < -0.39 is 11.7 Å². The van der Waals surface area contributed by atoms with Crippen molar-refractivity contribution in [3.63, 3.8) is 0 Å². The highest BCUT2D eigenvalue weighted by atomic mass is 32.1. The molecule has 0 radical (unpaired) electrons. The molecule has 0 fully saturated rings. The number of anilines is 1. The number of hydrogen-bond donors (Lipinski definition) is 3.